The topological polar surface area (TPSA) is 67.5 Å². The first-order valence-corrected chi connectivity index (χ1v) is 12.0. The second-order valence-electron chi connectivity index (χ2n) is 7.68. The summed E-state index contributed by atoms with van der Waals surface area (Å²) in [5.74, 6) is 0.983. The molecule has 1 fully saturated rings. The van der Waals surface area contributed by atoms with E-state index in [9.17, 15) is 4.79 Å². The third-order valence-electron chi connectivity index (χ3n) is 5.74. The molecule has 1 N–H and O–H groups in total. The molecule has 7 nitrogen and oxygen atoms in total. The number of carbonyl (C=O) groups excluding carboxylic acids is 1. The van der Waals surface area contributed by atoms with Crippen LogP contribution in [0.2, 0.25) is 0 Å². The zero-order valence-electron chi connectivity index (χ0n) is 17.1. The maximum atomic E-state index is 12.9. The van der Waals surface area contributed by atoms with Crippen LogP contribution in [0.4, 0.5) is 0 Å². The number of carbonyl (C=O) groups is 1. The molecule has 31 heavy (non-hydrogen) atoms. The number of fused-ring (bicyclic) bond motifs is 2. The molecule has 1 atom stereocenters. The first-order chi connectivity index (χ1) is 15.1. The van der Waals surface area contributed by atoms with Gasteiger partial charge in [0.25, 0.3) is 5.91 Å². The Morgan fingerprint density at radius 1 is 1.13 bits per heavy atom. The third kappa shape index (κ3) is 2.91. The van der Waals surface area contributed by atoms with E-state index in [2.05, 4.69) is 47.3 Å². The molecule has 4 aromatic heterocycles. The van der Waals surface area contributed by atoms with Gasteiger partial charge < -0.3 is 14.8 Å². The number of hydrogen-bond donors (Lipinski definition) is 1. The maximum absolute atomic E-state index is 12.9. The third-order valence-corrected chi connectivity index (χ3v) is 7.79. The fraction of sp³-hybridized carbons (Fsp3) is 0.227. The van der Waals surface area contributed by atoms with Crippen molar-refractivity contribution in [2.45, 2.75) is 19.3 Å². The van der Waals surface area contributed by atoms with E-state index in [0.29, 0.717) is 11.3 Å². The Labute approximate surface area is 187 Å². The number of thiophene rings is 1. The lowest BCUT2D eigenvalue weighted by Crippen LogP contribution is -2.45. The van der Waals surface area contributed by atoms with Crippen molar-refractivity contribution in [3.63, 3.8) is 0 Å². The van der Waals surface area contributed by atoms with Crippen LogP contribution in [0.25, 0.3) is 27.5 Å². The summed E-state index contributed by atoms with van der Waals surface area (Å²) in [5, 5.41) is 10.2. The average Bonchev–Trinajstić information content (AvgIpc) is 3.53. The molecule has 1 amide bonds. The first-order valence-electron chi connectivity index (χ1n) is 10.1. The van der Waals surface area contributed by atoms with E-state index in [1.165, 1.54) is 11.4 Å². The van der Waals surface area contributed by atoms with E-state index in [0.717, 1.165) is 34.2 Å². The SMILES string of the molecule is Cc1ccc(C)n1-c1ccsc1-c1cc2nc(C3=CNC4SCCN4C3=O)ccn2n1. The van der Waals surface area contributed by atoms with Crippen molar-refractivity contribution in [2.75, 3.05) is 12.3 Å². The molecular weight excluding hydrogens is 428 g/mol. The average molecular weight is 449 g/mol. The van der Waals surface area contributed by atoms with Gasteiger partial charge in [0.05, 0.1) is 21.8 Å². The number of hydrogen-bond acceptors (Lipinski definition) is 6. The highest BCUT2D eigenvalue weighted by Gasteiger charge is 2.35. The first kappa shape index (κ1) is 18.7. The van der Waals surface area contributed by atoms with E-state index in [1.807, 2.05) is 23.2 Å². The zero-order valence-corrected chi connectivity index (χ0v) is 18.7. The summed E-state index contributed by atoms with van der Waals surface area (Å²) < 4.78 is 4.02. The smallest absolute Gasteiger partial charge is 0.259 e. The lowest BCUT2D eigenvalue weighted by atomic mass is 10.1. The van der Waals surface area contributed by atoms with Gasteiger partial charge in [0, 0.05) is 42.1 Å². The van der Waals surface area contributed by atoms with Gasteiger partial charge in [-0.15, -0.1) is 23.1 Å². The molecule has 0 aromatic carbocycles. The molecule has 0 bridgehead atoms. The molecule has 2 aliphatic rings. The number of amides is 1. The number of rotatable bonds is 3. The Bertz CT molecular complexity index is 1340. The monoisotopic (exact) mass is 448 g/mol. The van der Waals surface area contributed by atoms with Crippen LogP contribution in [0.15, 0.2) is 48.1 Å². The van der Waals surface area contributed by atoms with Crippen LogP contribution < -0.4 is 5.32 Å². The molecule has 6 heterocycles. The van der Waals surface area contributed by atoms with Crippen molar-refractivity contribution >= 4 is 40.2 Å². The zero-order chi connectivity index (χ0) is 21.1. The van der Waals surface area contributed by atoms with Gasteiger partial charge in [-0.05, 0) is 43.5 Å². The molecule has 9 heteroatoms. The quantitative estimate of drug-likeness (QED) is 0.518. The molecule has 0 radical (unpaired) electrons. The standard InChI is InChI=1S/C22H20N6OS2/c1-13-3-4-14(2)28(13)18-6-9-30-20(18)17-11-19-24-16(5-7-27(19)25-17)15-12-23-22-26(21(15)29)8-10-31-22/h3-7,9,11-12,22-23H,8,10H2,1-2H3. The molecule has 1 saturated heterocycles. The van der Waals surface area contributed by atoms with Crippen LogP contribution in [0.5, 0.6) is 0 Å². The summed E-state index contributed by atoms with van der Waals surface area (Å²) in [5.41, 5.74) is 6.40. The van der Waals surface area contributed by atoms with Gasteiger partial charge in [0.1, 0.15) is 11.2 Å². The number of thioether (sulfide) groups is 1. The fourth-order valence-corrected chi connectivity index (χ4v) is 6.13. The molecule has 156 valence electrons. The highest BCUT2D eigenvalue weighted by atomic mass is 32.2. The maximum Gasteiger partial charge on any atom is 0.259 e. The van der Waals surface area contributed by atoms with Gasteiger partial charge in [0.2, 0.25) is 0 Å². The molecule has 4 aromatic rings. The molecule has 0 saturated carbocycles. The van der Waals surface area contributed by atoms with Gasteiger partial charge in [-0.3, -0.25) is 4.79 Å². The van der Waals surface area contributed by atoms with Crippen LogP contribution in [-0.4, -0.2) is 47.8 Å². The highest BCUT2D eigenvalue weighted by Crippen LogP contribution is 2.34. The second-order valence-corrected chi connectivity index (χ2v) is 9.78. The minimum absolute atomic E-state index is 0.0319. The van der Waals surface area contributed by atoms with E-state index >= 15 is 0 Å². The van der Waals surface area contributed by atoms with Gasteiger partial charge in [0.15, 0.2) is 5.65 Å². The van der Waals surface area contributed by atoms with E-state index in [4.69, 9.17) is 10.1 Å². The predicted octanol–water partition coefficient (Wildman–Crippen LogP) is 3.67. The lowest BCUT2D eigenvalue weighted by molar-refractivity contribution is -0.125. The van der Waals surface area contributed by atoms with Gasteiger partial charge in [-0.2, -0.15) is 5.10 Å². The predicted molar refractivity (Wildman–Crippen MR) is 124 cm³/mol. The van der Waals surface area contributed by atoms with Crippen molar-refractivity contribution in [1.29, 1.82) is 0 Å². The molecule has 0 spiro atoms. The summed E-state index contributed by atoms with van der Waals surface area (Å²) in [6, 6.07) is 10.2. The number of nitrogens with zero attached hydrogens (tertiary/aromatic N) is 5. The normalized spacial score (nSPS) is 18.4. The minimum atomic E-state index is 0.0319. The Kier molecular flexibility index (Phi) is 4.22. The second kappa shape index (κ2) is 7.00. The van der Waals surface area contributed by atoms with Crippen LogP contribution in [0.3, 0.4) is 0 Å². The molecular formula is C22H20N6OS2. The molecule has 6 rings (SSSR count). The number of nitrogens with one attached hydrogen (secondary N) is 1. The van der Waals surface area contributed by atoms with Crippen LogP contribution >= 0.6 is 23.1 Å². The van der Waals surface area contributed by atoms with Crippen molar-refractivity contribution in [3.8, 4) is 16.3 Å². The van der Waals surface area contributed by atoms with E-state index in [1.54, 1.807) is 33.8 Å². The fourth-order valence-electron chi connectivity index (χ4n) is 4.23. The summed E-state index contributed by atoms with van der Waals surface area (Å²) in [6.45, 7) is 4.98. The van der Waals surface area contributed by atoms with Crippen molar-refractivity contribution in [2.24, 2.45) is 0 Å². The van der Waals surface area contributed by atoms with Crippen LogP contribution in [0, 0.1) is 13.8 Å². The Balaban J connectivity index is 1.40. The van der Waals surface area contributed by atoms with E-state index < -0.39 is 0 Å². The number of aromatic nitrogens is 4. The molecule has 0 aliphatic carbocycles. The number of aryl methyl sites for hydroxylation is 2. The van der Waals surface area contributed by atoms with Crippen molar-refractivity contribution in [3.05, 3.63) is 65.2 Å². The van der Waals surface area contributed by atoms with Crippen molar-refractivity contribution < 1.29 is 4.79 Å². The van der Waals surface area contributed by atoms with E-state index in [-0.39, 0.29) is 11.4 Å². The summed E-state index contributed by atoms with van der Waals surface area (Å²) in [4.78, 5) is 20.6. The van der Waals surface area contributed by atoms with Crippen molar-refractivity contribution in [1.82, 2.24) is 29.4 Å². The van der Waals surface area contributed by atoms with Gasteiger partial charge >= 0.3 is 0 Å². The molecule has 2 aliphatic heterocycles. The lowest BCUT2D eigenvalue weighted by Gasteiger charge is -2.29. The Morgan fingerprint density at radius 3 is 2.81 bits per heavy atom. The highest BCUT2D eigenvalue weighted by molar-refractivity contribution is 8.00. The Morgan fingerprint density at radius 2 is 1.97 bits per heavy atom. The summed E-state index contributed by atoms with van der Waals surface area (Å²) >= 11 is 3.42. The minimum Gasteiger partial charge on any atom is -0.362 e. The molecule has 1 unspecified atom stereocenters. The van der Waals surface area contributed by atoms with Gasteiger partial charge in [-0.25, -0.2) is 9.50 Å². The van der Waals surface area contributed by atoms with Crippen LogP contribution in [0.1, 0.15) is 17.1 Å². The largest absolute Gasteiger partial charge is 0.362 e. The van der Waals surface area contributed by atoms with Crippen LogP contribution in [-0.2, 0) is 4.79 Å². The summed E-state index contributed by atoms with van der Waals surface area (Å²) in [7, 11) is 0. The van der Waals surface area contributed by atoms with Gasteiger partial charge in [-0.1, -0.05) is 0 Å². The summed E-state index contributed by atoms with van der Waals surface area (Å²) in [6.07, 6.45) is 3.67. The Hall–Kier alpha value is -3.04.